The molecule has 1 atom stereocenters. The van der Waals surface area contributed by atoms with Crippen LogP contribution in [-0.2, 0) is 0 Å². The summed E-state index contributed by atoms with van der Waals surface area (Å²) in [6.45, 7) is 2.24. The Morgan fingerprint density at radius 1 is 1.32 bits per heavy atom. The lowest BCUT2D eigenvalue weighted by Gasteiger charge is -2.33. The van der Waals surface area contributed by atoms with Crippen molar-refractivity contribution in [1.29, 1.82) is 0 Å². The summed E-state index contributed by atoms with van der Waals surface area (Å²) < 4.78 is 19.1. The van der Waals surface area contributed by atoms with Crippen molar-refractivity contribution in [2.24, 2.45) is 0 Å². The summed E-state index contributed by atoms with van der Waals surface area (Å²) >= 11 is 0. The van der Waals surface area contributed by atoms with E-state index in [4.69, 9.17) is 4.74 Å². The van der Waals surface area contributed by atoms with E-state index in [0.717, 1.165) is 5.56 Å². The lowest BCUT2D eigenvalue weighted by atomic mass is 10.1. The Morgan fingerprint density at radius 3 is 3.00 bits per heavy atom. The second kappa shape index (κ2) is 6.01. The summed E-state index contributed by atoms with van der Waals surface area (Å²) in [6, 6.07) is 11.3. The number of ether oxygens (including phenoxy) is 1. The van der Waals surface area contributed by atoms with Gasteiger partial charge in [0.15, 0.2) is 5.82 Å². The third kappa shape index (κ3) is 2.84. The summed E-state index contributed by atoms with van der Waals surface area (Å²) in [5, 5.41) is 6.61. The van der Waals surface area contributed by atoms with Gasteiger partial charge in [-0.3, -0.25) is 9.89 Å². The normalized spacial score (nSPS) is 16.2. The molecule has 0 aliphatic carbocycles. The SMILES string of the molecule is CC1CN(C(=O)c2cccc(-c3ncn[nH]3)c2)c2ccc(F)cc2O1. The molecule has 7 heteroatoms. The number of hydrogen-bond donors (Lipinski definition) is 1. The van der Waals surface area contributed by atoms with E-state index in [-0.39, 0.29) is 12.0 Å². The lowest BCUT2D eigenvalue weighted by molar-refractivity contribution is 0.0961. The Labute approximate surface area is 143 Å². The van der Waals surface area contributed by atoms with Gasteiger partial charge in [-0.2, -0.15) is 5.10 Å². The van der Waals surface area contributed by atoms with Crippen molar-refractivity contribution in [3.05, 3.63) is 60.2 Å². The number of aromatic amines is 1. The largest absolute Gasteiger partial charge is 0.487 e. The van der Waals surface area contributed by atoms with Crippen LogP contribution in [-0.4, -0.2) is 33.7 Å². The average molecular weight is 338 g/mol. The summed E-state index contributed by atoms with van der Waals surface area (Å²) in [5.41, 5.74) is 1.84. The van der Waals surface area contributed by atoms with Crippen molar-refractivity contribution in [3.63, 3.8) is 0 Å². The van der Waals surface area contributed by atoms with Crippen LogP contribution in [0.3, 0.4) is 0 Å². The summed E-state index contributed by atoms with van der Waals surface area (Å²) in [6.07, 6.45) is 1.19. The zero-order valence-electron chi connectivity index (χ0n) is 13.4. The number of fused-ring (bicyclic) bond motifs is 1. The highest BCUT2D eigenvalue weighted by molar-refractivity contribution is 6.07. The van der Waals surface area contributed by atoms with E-state index in [0.29, 0.717) is 29.4 Å². The highest BCUT2D eigenvalue weighted by Crippen LogP contribution is 2.35. The fraction of sp³-hybridized carbons (Fsp3) is 0.167. The Kier molecular flexibility index (Phi) is 3.68. The molecule has 0 fully saturated rings. The summed E-state index contributed by atoms with van der Waals surface area (Å²) in [4.78, 5) is 18.8. The number of aromatic nitrogens is 3. The number of carbonyl (C=O) groups excluding carboxylic acids is 1. The van der Waals surface area contributed by atoms with Crippen LogP contribution in [0.4, 0.5) is 10.1 Å². The van der Waals surface area contributed by atoms with Gasteiger partial charge in [-0.25, -0.2) is 9.37 Å². The molecule has 1 aliphatic rings. The number of halogens is 1. The van der Waals surface area contributed by atoms with Crippen molar-refractivity contribution in [2.45, 2.75) is 13.0 Å². The number of nitrogens with zero attached hydrogens (tertiary/aromatic N) is 3. The number of amides is 1. The molecule has 4 rings (SSSR count). The molecular formula is C18H15FN4O2. The second-order valence-electron chi connectivity index (χ2n) is 5.87. The van der Waals surface area contributed by atoms with Gasteiger partial charge in [0.2, 0.25) is 0 Å². The molecule has 25 heavy (non-hydrogen) atoms. The minimum absolute atomic E-state index is 0.177. The van der Waals surface area contributed by atoms with Gasteiger partial charge in [0.25, 0.3) is 5.91 Å². The van der Waals surface area contributed by atoms with Crippen LogP contribution in [0, 0.1) is 5.82 Å². The first-order chi connectivity index (χ1) is 12.1. The molecule has 3 aromatic rings. The van der Waals surface area contributed by atoms with Crippen molar-refractivity contribution in [2.75, 3.05) is 11.4 Å². The van der Waals surface area contributed by atoms with Crippen molar-refractivity contribution in [3.8, 4) is 17.1 Å². The van der Waals surface area contributed by atoms with Crippen molar-refractivity contribution < 1.29 is 13.9 Å². The van der Waals surface area contributed by atoms with Crippen LogP contribution in [0.25, 0.3) is 11.4 Å². The van der Waals surface area contributed by atoms with Gasteiger partial charge in [-0.1, -0.05) is 12.1 Å². The molecule has 1 aliphatic heterocycles. The fourth-order valence-corrected chi connectivity index (χ4v) is 2.91. The highest BCUT2D eigenvalue weighted by Gasteiger charge is 2.28. The number of carbonyl (C=O) groups is 1. The first-order valence-corrected chi connectivity index (χ1v) is 7.85. The quantitative estimate of drug-likeness (QED) is 0.780. The van der Waals surface area contributed by atoms with Gasteiger partial charge in [0, 0.05) is 17.2 Å². The maximum absolute atomic E-state index is 13.5. The second-order valence-corrected chi connectivity index (χ2v) is 5.87. The number of benzene rings is 2. The van der Waals surface area contributed by atoms with Gasteiger partial charge < -0.3 is 9.64 Å². The number of hydrogen-bond acceptors (Lipinski definition) is 4. The molecule has 0 bridgehead atoms. The molecule has 1 unspecified atom stereocenters. The Hall–Kier alpha value is -3.22. The number of rotatable bonds is 2. The third-order valence-corrected chi connectivity index (χ3v) is 4.02. The molecular weight excluding hydrogens is 323 g/mol. The van der Waals surface area contributed by atoms with E-state index in [2.05, 4.69) is 15.2 Å². The van der Waals surface area contributed by atoms with Crippen LogP contribution in [0.2, 0.25) is 0 Å². The van der Waals surface area contributed by atoms with E-state index >= 15 is 0 Å². The number of H-pyrrole nitrogens is 1. The first-order valence-electron chi connectivity index (χ1n) is 7.85. The third-order valence-electron chi connectivity index (χ3n) is 4.02. The molecule has 6 nitrogen and oxygen atoms in total. The van der Waals surface area contributed by atoms with Gasteiger partial charge in [-0.15, -0.1) is 0 Å². The molecule has 2 heterocycles. The smallest absolute Gasteiger partial charge is 0.258 e. The van der Waals surface area contributed by atoms with Gasteiger partial charge in [0.05, 0.1) is 12.2 Å². The minimum atomic E-state index is -0.396. The molecule has 1 aromatic heterocycles. The highest BCUT2D eigenvalue weighted by atomic mass is 19.1. The number of nitrogens with one attached hydrogen (secondary N) is 1. The average Bonchev–Trinajstić information content (AvgIpc) is 3.15. The van der Waals surface area contributed by atoms with Crippen LogP contribution in [0.15, 0.2) is 48.8 Å². The van der Waals surface area contributed by atoms with Gasteiger partial charge in [-0.05, 0) is 31.2 Å². The Balaban J connectivity index is 1.71. The predicted octanol–water partition coefficient (Wildman–Crippen LogP) is 3.04. The van der Waals surface area contributed by atoms with Crippen LogP contribution in [0.1, 0.15) is 17.3 Å². The van der Waals surface area contributed by atoms with Crippen LogP contribution >= 0.6 is 0 Å². The first kappa shape index (κ1) is 15.3. The summed E-state index contributed by atoms with van der Waals surface area (Å²) in [5.74, 6) is 0.392. The molecule has 0 spiro atoms. The van der Waals surface area contributed by atoms with E-state index in [9.17, 15) is 9.18 Å². The predicted molar refractivity (Wildman–Crippen MR) is 90.0 cm³/mol. The number of anilines is 1. The van der Waals surface area contributed by atoms with Crippen molar-refractivity contribution >= 4 is 11.6 Å². The van der Waals surface area contributed by atoms with E-state index < -0.39 is 5.82 Å². The lowest BCUT2D eigenvalue weighted by Crippen LogP contribution is -2.42. The monoisotopic (exact) mass is 338 g/mol. The van der Waals surface area contributed by atoms with Crippen LogP contribution < -0.4 is 9.64 Å². The van der Waals surface area contributed by atoms with Gasteiger partial charge >= 0.3 is 0 Å². The van der Waals surface area contributed by atoms with E-state index in [1.54, 1.807) is 29.2 Å². The molecule has 0 saturated carbocycles. The molecule has 0 saturated heterocycles. The van der Waals surface area contributed by atoms with Gasteiger partial charge in [0.1, 0.15) is 24.0 Å². The van der Waals surface area contributed by atoms with E-state index in [1.807, 2.05) is 13.0 Å². The molecule has 1 amide bonds. The zero-order chi connectivity index (χ0) is 17.4. The standard InChI is InChI=1S/C18H15FN4O2/c1-11-9-23(15-6-5-14(19)8-16(15)25-11)18(24)13-4-2-3-12(7-13)17-20-10-21-22-17/h2-8,10-11H,9H2,1H3,(H,20,21,22). The molecule has 1 N–H and O–H groups in total. The Morgan fingerprint density at radius 2 is 2.20 bits per heavy atom. The topological polar surface area (TPSA) is 71.1 Å². The van der Waals surface area contributed by atoms with E-state index in [1.165, 1.54) is 18.5 Å². The maximum Gasteiger partial charge on any atom is 0.258 e. The molecule has 126 valence electrons. The summed E-state index contributed by atoms with van der Waals surface area (Å²) in [7, 11) is 0. The maximum atomic E-state index is 13.5. The minimum Gasteiger partial charge on any atom is -0.487 e. The molecule has 0 radical (unpaired) electrons. The van der Waals surface area contributed by atoms with Crippen LogP contribution in [0.5, 0.6) is 5.75 Å². The molecule has 2 aromatic carbocycles. The Bertz CT molecular complexity index is 927. The fourth-order valence-electron chi connectivity index (χ4n) is 2.91. The van der Waals surface area contributed by atoms with Crippen molar-refractivity contribution in [1.82, 2.24) is 15.2 Å². The zero-order valence-corrected chi connectivity index (χ0v) is 13.4.